The lowest BCUT2D eigenvalue weighted by Gasteiger charge is -2.20. The molecular formula is C15H18N6. The number of rotatable bonds is 2. The van der Waals surface area contributed by atoms with Crippen molar-refractivity contribution in [2.24, 2.45) is 11.8 Å². The second kappa shape index (κ2) is 4.87. The summed E-state index contributed by atoms with van der Waals surface area (Å²) in [5.41, 5.74) is 6.91. The van der Waals surface area contributed by atoms with E-state index in [1.54, 1.807) is 17.2 Å². The van der Waals surface area contributed by atoms with Crippen molar-refractivity contribution in [1.82, 2.24) is 19.7 Å². The zero-order valence-electron chi connectivity index (χ0n) is 11.8. The van der Waals surface area contributed by atoms with Gasteiger partial charge in [0, 0.05) is 25.5 Å². The lowest BCUT2D eigenvalue weighted by atomic mass is 9.86. The van der Waals surface area contributed by atoms with Crippen molar-refractivity contribution >= 4 is 11.5 Å². The van der Waals surface area contributed by atoms with Gasteiger partial charge in [0.05, 0.1) is 0 Å². The molecule has 2 atom stereocenters. The fourth-order valence-electron chi connectivity index (χ4n) is 3.39. The van der Waals surface area contributed by atoms with Gasteiger partial charge in [0.1, 0.15) is 12.0 Å². The zero-order chi connectivity index (χ0) is 14.2. The van der Waals surface area contributed by atoms with Gasteiger partial charge in [0.15, 0.2) is 11.6 Å². The van der Waals surface area contributed by atoms with E-state index in [0.29, 0.717) is 11.5 Å². The SMILES string of the molecule is Nc1c(N2C[C@H]3CC=CC[C@@H]3C2)ncnc1-n1cccn1. The number of hydrogen-bond donors (Lipinski definition) is 1. The van der Waals surface area contributed by atoms with Crippen LogP contribution in [-0.4, -0.2) is 32.8 Å². The average molecular weight is 282 g/mol. The topological polar surface area (TPSA) is 72.9 Å². The molecule has 0 bridgehead atoms. The molecule has 0 amide bonds. The molecule has 1 saturated heterocycles. The molecule has 1 aliphatic carbocycles. The van der Waals surface area contributed by atoms with E-state index in [1.165, 1.54) is 0 Å². The monoisotopic (exact) mass is 282 g/mol. The molecule has 0 saturated carbocycles. The fourth-order valence-corrected chi connectivity index (χ4v) is 3.39. The Kier molecular flexibility index (Phi) is 2.87. The molecule has 2 N–H and O–H groups in total. The third-order valence-corrected chi connectivity index (χ3v) is 4.48. The van der Waals surface area contributed by atoms with Crippen molar-refractivity contribution in [3.05, 3.63) is 36.9 Å². The number of aromatic nitrogens is 4. The van der Waals surface area contributed by atoms with E-state index in [1.807, 2.05) is 12.3 Å². The molecule has 1 aliphatic heterocycles. The van der Waals surface area contributed by atoms with Crippen molar-refractivity contribution in [1.29, 1.82) is 0 Å². The van der Waals surface area contributed by atoms with E-state index in [-0.39, 0.29) is 0 Å². The van der Waals surface area contributed by atoms with Gasteiger partial charge in [-0.05, 0) is 30.7 Å². The minimum Gasteiger partial charge on any atom is -0.393 e. The molecule has 1 fully saturated rings. The summed E-state index contributed by atoms with van der Waals surface area (Å²) in [6, 6.07) is 1.86. The Morgan fingerprint density at radius 3 is 2.43 bits per heavy atom. The van der Waals surface area contributed by atoms with E-state index in [0.717, 1.165) is 43.6 Å². The average Bonchev–Trinajstić information content (AvgIpc) is 3.16. The molecule has 0 aromatic carbocycles. The van der Waals surface area contributed by atoms with Gasteiger partial charge in [-0.2, -0.15) is 5.10 Å². The van der Waals surface area contributed by atoms with Gasteiger partial charge in [0.25, 0.3) is 0 Å². The number of nitrogens with zero attached hydrogens (tertiary/aromatic N) is 5. The Morgan fingerprint density at radius 2 is 1.76 bits per heavy atom. The summed E-state index contributed by atoms with van der Waals surface area (Å²) in [6.07, 6.45) is 12.1. The molecule has 0 unspecified atom stereocenters. The maximum absolute atomic E-state index is 6.30. The van der Waals surface area contributed by atoms with Gasteiger partial charge >= 0.3 is 0 Å². The second-order valence-corrected chi connectivity index (χ2v) is 5.75. The van der Waals surface area contributed by atoms with Crippen LogP contribution in [0.3, 0.4) is 0 Å². The van der Waals surface area contributed by atoms with Crippen LogP contribution in [0, 0.1) is 11.8 Å². The number of fused-ring (bicyclic) bond motifs is 1. The molecule has 2 aromatic rings. The van der Waals surface area contributed by atoms with Crippen LogP contribution in [0.2, 0.25) is 0 Å². The minimum atomic E-state index is 0.604. The number of hydrogen-bond acceptors (Lipinski definition) is 5. The molecule has 6 heteroatoms. The van der Waals surface area contributed by atoms with E-state index in [9.17, 15) is 0 Å². The van der Waals surface area contributed by atoms with E-state index in [4.69, 9.17) is 5.73 Å². The van der Waals surface area contributed by atoms with Gasteiger partial charge < -0.3 is 10.6 Å². The second-order valence-electron chi connectivity index (χ2n) is 5.75. The first-order valence-corrected chi connectivity index (χ1v) is 7.33. The number of allylic oxidation sites excluding steroid dienone is 2. The maximum Gasteiger partial charge on any atom is 0.181 e. The van der Waals surface area contributed by atoms with Crippen LogP contribution in [0.15, 0.2) is 36.9 Å². The third-order valence-electron chi connectivity index (χ3n) is 4.48. The summed E-state index contributed by atoms with van der Waals surface area (Å²) in [4.78, 5) is 11.0. The molecule has 3 heterocycles. The number of nitrogen functional groups attached to an aromatic ring is 1. The van der Waals surface area contributed by atoms with Gasteiger partial charge in [0.2, 0.25) is 0 Å². The summed E-state index contributed by atoms with van der Waals surface area (Å²) in [6.45, 7) is 2.05. The van der Waals surface area contributed by atoms with Crippen LogP contribution in [0.5, 0.6) is 0 Å². The predicted molar refractivity (Wildman–Crippen MR) is 81.1 cm³/mol. The molecule has 2 aliphatic rings. The molecule has 108 valence electrons. The van der Waals surface area contributed by atoms with Crippen LogP contribution >= 0.6 is 0 Å². The maximum atomic E-state index is 6.30. The van der Waals surface area contributed by atoms with Crippen LogP contribution in [0.25, 0.3) is 5.82 Å². The van der Waals surface area contributed by atoms with Crippen LogP contribution in [0.1, 0.15) is 12.8 Å². The highest BCUT2D eigenvalue weighted by Gasteiger charge is 2.34. The van der Waals surface area contributed by atoms with Crippen LogP contribution < -0.4 is 10.6 Å². The van der Waals surface area contributed by atoms with Gasteiger partial charge in [-0.1, -0.05) is 12.2 Å². The summed E-state index contributed by atoms with van der Waals surface area (Å²) in [7, 11) is 0. The minimum absolute atomic E-state index is 0.604. The summed E-state index contributed by atoms with van der Waals surface area (Å²) in [5.74, 6) is 2.93. The van der Waals surface area contributed by atoms with Crippen molar-refractivity contribution in [2.45, 2.75) is 12.8 Å². The van der Waals surface area contributed by atoms with Gasteiger partial charge in [-0.3, -0.25) is 0 Å². The van der Waals surface area contributed by atoms with E-state index < -0.39 is 0 Å². The molecular weight excluding hydrogens is 264 g/mol. The number of anilines is 2. The Bertz CT molecular complexity index is 647. The molecule has 4 rings (SSSR count). The first-order valence-electron chi connectivity index (χ1n) is 7.33. The Balaban J connectivity index is 1.66. The molecule has 6 nitrogen and oxygen atoms in total. The largest absolute Gasteiger partial charge is 0.393 e. The van der Waals surface area contributed by atoms with Crippen molar-refractivity contribution in [3.63, 3.8) is 0 Å². The normalized spacial score (nSPS) is 24.3. The molecule has 0 spiro atoms. The van der Waals surface area contributed by atoms with Crippen LogP contribution in [-0.2, 0) is 0 Å². The first kappa shape index (κ1) is 12.4. The van der Waals surface area contributed by atoms with Gasteiger partial charge in [-0.25, -0.2) is 14.6 Å². The Morgan fingerprint density at radius 1 is 1.05 bits per heavy atom. The highest BCUT2D eigenvalue weighted by atomic mass is 15.3. The molecule has 21 heavy (non-hydrogen) atoms. The predicted octanol–water partition coefficient (Wildman–Crippen LogP) is 1.65. The Labute approximate surface area is 123 Å². The summed E-state index contributed by atoms with van der Waals surface area (Å²) >= 11 is 0. The lowest BCUT2D eigenvalue weighted by Crippen LogP contribution is -2.23. The third kappa shape index (κ3) is 2.07. The van der Waals surface area contributed by atoms with Crippen molar-refractivity contribution in [3.8, 4) is 5.82 Å². The molecule has 2 aromatic heterocycles. The first-order chi connectivity index (χ1) is 10.3. The highest BCUT2D eigenvalue weighted by Crippen LogP contribution is 2.37. The standard InChI is InChI=1S/C15H18N6/c16-13-14(17-10-18-15(13)21-7-3-6-19-21)20-8-11-4-1-2-5-12(11)9-20/h1-3,6-7,10-12H,4-5,8-9,16H2/t11-,12-/m1/s1. The van der Waals surface area contributed by atoms with Crippen LogP contribution in [0.4, 0.5) is 11.5 Å². The smallest absolute Gasteiger partial charge is 0.181 e. The quantitative estimate of drug-likeness (QED) is 0.848. The summed E-state index contributed by atoms with van der Waals surface area (Å²) in [5, 5.41) is 4.21. The van der Waals surface area contributed by atoms with E-state index in [2.05, 4.69) is 32.1 Å². The summed E-state index contributed by atoms with van der Waals surface area (Å²) < 4.78 is 1.69. The Hall–Kier alpha value is -2.37. The lowest BCUT2D eigenvalue weighted by molar-refractivity contribution is 0.411. The number of nitrogens with two attached hydrogens (primary N) is 1. The van der Waals surface area contributed by atoms with E-state index >= 15 is 0 Å². The van der Waals surface area contributed by atoms with Crippen molar-refractivity contribution in [2.75, 3.05) is 23.7 Å². The molecule has 0 radical (unpaired) electrons. The zero-order valence-corrected chi connectivity index (χ0v) is 11.8. The fraction of sp³-hybridized carbons (Fsp3) is 0.400. The highest BCUT2D eigenvalue weighted by molar-refractivity contribution is 5.70. The van der Waals surface area contributed by atoms with Gasteiger partial charge in [-0.15, -0.1) is 0 Å². The van der Waals surface area contributed by atoms with Crippen molar-refractivity contribution < 1.29 is 0 Å².